The van der Waals surface area contributed by atoms with E-state index < -0.39 is 0 Å². The Kier molecular flexibility index (Phi) is 3.27. The maximum atomic E-state index is 9.47. The summed E-state index contributed by atoms with van der Waals surface area (Å²) in [4.78, 5) is 0. The Balaban J connectivity index is 2.23. The molecule has 1 fully saturated rings. The van der Waals surface area contributed by atoms with Gasteiger partial charge in [0.2, 0.25) is 0 Å². The fourth-order valence-corrected chi connectivity index (χ4v) is 2.80. The SMILES string of the molecule is CCc1nn(C)c(CC2(CO)CCC2)c1Cl. The fourth-order valence-electron chi connectivity index (χ4n) is 2.43. The van der Waals surface area contributed by atoms with Crippen LogP contribution in [0, 0.1) is 5.41 Å². The average Bonchev–Trinajstić information content (AvgIpc) is 2.49. The summed E-state index contributed by atoms with van der Waals surface area (Å²) in [7, 11) is 1.93. The van der Waals surface area contributed by atoms with Gasteiger partial charge in [-0.1, -0.05) is 24.9 Å². The maximum Gasteiger partial charge on any atom is 0.0849 e. The first-order valence-corrected chi connectivity index (χ1v) is 6.31. The van der Waals surface area contributed by atoms with Crippen LogP contribution in [0.2, 0.25) is 5.02 Å². The molecule has 1 aliphatic rings. The Morgan fingerprint density at radius 3 is 2.56 bits per heavy atom. The molecule has 0 atom stereocenters. The Morgan fingerprint density at radius 1 is 1.50 bits per heavy atom. The molecule has 1 saturated carbocycles. The minimum atomic E-state index is 0.0719. The molecule has 0 amide bonds. The number of aryl methyl sites for hydroxylation is 2. The van der Waals surface area contributed by atoms with E-state index in [4.69, 9.17) is 11.6 Å². The maximum absolute atomic E-state index is 9.47. The van der Waals surface area contributed by atoms with Crippen LogP contribution in [0.25, 0.3) is 0 Å². The van der Waals surface area contributed by atoms with Crippen LogP contribution in [-0.4, -0.2) is 21.5 Å². The lowest BCUT2D eigenvalue weighted by molar-refractivity contribution is 0.0433. The van der Waals surface area contributed by atoms with Gasteiger partial charge in [-0.2, -0.15) is 5.10 Å². The summed E-state index contributed by atoms with van der Waals surface area (Å²) >= 11 is 6.31. The van der Waals surface area contributed by atoms with Crippen molar-refractivity contribution in [3.05, 3.63) is 16.4 Å². The first-order chi connectivity index (χ1) is 7.62. The molecule has 0 bridgehead atoms. The van der Waals surface area contributed by atoms with Gasteiger partial charge < -0.3 is 5.11 Å². The molecule has 1 aromatic heterocycles. The van der Waals surface area contributed by atoms with Gasteiger partial charge in [-0.25, -0.2) is 0 Å². The summed E-state index contributed by atoms with van der Waals surface area (Å²) in [6.45, 7) is 2.32. The molecule has 16 heavy (non-hydrogen) atoms. The van der Waals surface area contributed by atoms with Crippen molar-refractivity contribution in [1.82, 2.24) is 9.78 Å². The minimum absolute atomic E-state index is 0.0719. The van der Waals surface area contributed by atoms with Gasteiger partial charge in [-0.3, -0.25) is 4.68 Å². The largest absolute Gasteiger partial charge is 0.396 e. The zero-order valence-corrected chi connectivity index (χ0v) is 10.7. The van der Waals surface area contributed by atoms with E-state index in [1.54, 1.807) is 0 Å². The molecular weight excluding hydrogens is 224 g/mol. The van der Waals surface area contributed by atoms with E-state index in [0.717, 1.165) is 42.1 Å². The topological polar surface area (TPSA) is 38.0 Å². The molecule has 1 heterocycles. The van der Waals surface area contributed by atoms with Gasteiger partial charge in [0, 0.05) is 13.7 Å². The van der Waals surface area contributed by atoms with Crippen molar-refractivity contribution in [3.63, 3.8) is 0 Å². The third-order valence-corrected chi connectivity index (χ3v) is 4.23. The van der Waals surface area contributed by atoms with Gasteiger partial charge in [-0.05, 0) is 31.1 Å². The number of hydrogen-bond donors (Lipinski definition) is 1. The molecule has 0 aromatic carbocycles. The molecular formula is C12H19ClN2O. The highest BCUT2D eigenvalue weighted by Crippen LogP contribution is 2.44. The smallest absolute Gasteiger partial charge is 0.0849 e. The second-order valence-corrected chi connectivity index (χ2v) is 5.25. The van der Waals surface area contributed by atoms with E-state index >= 15 is 0 Å². The van der Waals surface area contributed by atoms with Gasteiger partial charge in [0.15, 0.2) is 0 Å². The molecule has 0 aliphatic heterocycles. The fraction of sp³-hybridized carbons (Fsp3) is 0.750. The second-order valence-electron chi connectivity index (χ2n) is 4.87. The number of aliphatic hydroxyl groups excluding tert-OH is 1. The van der Waals surface area contributed by atoms with Crippen molar-refractivity contribution < 1.29 is 5.11 Å². The number of rotatable bonds is 4. The summed E-state index contributed by atoms with van der Waals surface area (Å²) in [5.74, 6) is 0. The van der Waals surface area contributed by atoms with Crippen LogP contribution in [-0.2, 0) is 19.9 Å². The minimum Gasteiger partial charge on any atom is -0.396 e. The molecule has 2 rings (SSSR count). The van der Waals surface area contributed by atoms with Crippen LogP contribution in [0.15, 0.2) is 0 Å². The Hall–Kier alpha value is -0.540. The van der Waals surface area contributed by atoms with E-state index in [2.05, 4.69) is 12.0 Å². The normalized spacial score (nSPS) is 18.5. The molecule has 3 nitrogen and oxygen atoms in total. The van der Waals surface area contributed by atoms with Crippen LogP contribution in [0.4, 0.5) is 0 Å². The van der Waals surface area contributed by atoms with Gasteiger partial charge in [0.05, 0.1) is 16.4 Å². The van der Waals surface area contributed by atoms with Crippen LogP contribution < -0.4 is 0 Å². The lowest BCUT2D eigenvalue weighted by Crippen LogP contribution is -2.36. The van der Waals surface area contributed by atoms with E-state index in [1.165, 1.54) is 6.42 Å². The summed E-state index contributed by atoms with van der Waals surface area (Å²) in [6.07, 6.45) is 5.14. The summed E-state index contributed by atoms with van der Waals surface area (Å²) in [5.41, 5.74) is 2.11. The van der Waals surface area contributed by atoms with Crippen molar-refractivity contribution in [3.8, 4) is 0 Å². The molecule has 0 spiro atoms. The Bertz CT molecular complexity index is 377. The quantitative estimate of drug-likeness (QED) is 0.880. The summed E-state index contributed by atoms with van der Waals surface area (Å²) in [6, 6.07) is 0. The molecule has 0 saturated heterocycles. The van der Waals surface area contributed by atoms with Gasteiger partial charge in [0.25, 0.3) is 0 Å². The zero-order chi connectivity index (χ0) is 11.8. The van der Waals surface area contributed by atoms with Crippen molar-refractivity contribution in [2.45, 2.75) is 39.0 Å². The van der Waals surface area contributed by atoms with Gasteiger partial charge in [0.1, 0.15) is 0 Å². The lowest BCUT2D eigenvalue weighted by atomic mass is 9.66. The highest BCUT2D eigenvalue weighted by atomic mass is 35.5. The van der Waals surface area contributed by atoms with Crippen molar-refractivity contribution in [1.29, 1.82) is 0 Å². The number of aromatic nitrogens is 2. The predicted molar refractivity (Wildman–Crippen MR) is 64.7 cm³/mol. The standard InChI is InChI=1S/C12H19ClN2O/c1-3-9-11(13)10(15(2)14-9)7-12(8-16)5-4-6-12/h16H,3-8H2,1-2H3. The van der Waals surface area contributed by atoms with E-state index in [9.17, 15) is 5.11 Å². The van der Waals surface area contributed by atoms with Crippen LogP contribution in [0.1, 0.15) is 37.6 Å². The monoisotopic (exact) mass is 242 g/mol. The highest BCUT2D eigenvalue weighted by Gasteiger charge is 2.38. The predicted octanol–water partition coefficient (Wildman–Crippen LogP) is 2.34. The number of nitrogens with zero attached hydrogens (tertiary/aromatic N) is 2. The Morgan fingerprint density at radius 2 is 2.19 bits per heavy atom. The van der Waals surface area contributed by atoms with E-state index in [0.29, 0.717) is 0 Å². The van der Waals surface area contributed by atoms with E-state index in [-0.39, 0.29) is 12.0 Å². The van der Waals surface area contributed by atoms with Crippen molar-refractivity contribution in [2.24, 2.45) is 12.5 Å². The molecule has 1 aromatic rings. The Labute approximate surface area is 101 Å². The van der Waals surface area contributed by atoms with Crippen LogP contribution >= 0.6 is 11.6 Å². The zero-order valence-electron chi connectivity index (χ0n) is 9.96. The molecule has 4 heteroatoms. The van der Waals surface area contributed by atoms with Crippen molar-refractivity contribution >= 4 is 11.6 Å². The average molecular weight is 243 g/mol. The van der Waals surface area contributed by atoms with Crippen LogP contribution in [0.3, 0.4) is 0 Å². The van der Waals surface area contributed by atoms with Crippen LogP contribution in [0.5, 0.6) is 0 Å². The summed E-state index contributed by atoms with van der Waals surface area (Å²) < 4.78 is 1.87. The third kappa shape index (κ3) is 1.87. The number of halogens is 1. The molecule has 1 aliphatic carbocycles. The van der Waals surface area contributed by atoms with Crippen molar-refractivity contribution in [2.75, 3.05) is 6.61 Å². The lowest BCUT2D eigenvalue weighted by Gasteiger charge is -2.40. The molecule has 0 radical (unpaired) electrons. The molecule has 1 N–H and O–H groups in total. The van der Waals surface area contributed by atoms with E-state index in [1.807, 2.05) is 11.7 Å². The molecule has 90 valence electrons. The number of hydrogen-bond acceptors (Lipinski definition) is 2. The summed E-state index contributed by atoms with van der Waals surface area (Å²) in [5, 5.41) is 14.7. The first kappa shape index (κ1) is 11.9. The third-order valence-electron chi connectivity index (χ3n) is 3.80. The van der Waals surface area contributed by atoms with Gasteiger partial charge in [-0.15, -0.1) is 0 Å². The first-order valence-electron chi connectivity index (χ1n) is 5.93. The molecule has 0 unspecified atom stereocenters. The second kappa shape index (κ2) is 4.38. The highest BCUT2D eigenvalue weighted by molar-refractivity contribution is 6.31. The van der Waals surface area contributed by atoms with Gasteiger partial charge >= 0.3 is 0 Å². The number of aliphatic hydroxyl groups is 1.